The Balaban J connectivity index is 1.12. The lowest BCUT2D eigenvalue weighted by Crippen LogP contribution is -2.10. The van der Waals surface area contributed by atoms with E-state index in [0.29, 0.717) is 0 Å². The number of hydrogen-bond donors (Lipinski definition) is 0. The third kappa shape index (κ3) is 5.20. The fourth-order valence-electron chi connectivity index (χ4n) is 7.46. The van der Waals surface area contributed by atoms with E-state index in [0.717, 1.165) is 96.7 Å². The van der Waals surface area contributed by atoms with E-state index >= 15 is 0 Å². The second-order valence-electron chi connectivity index (χ2n) is 13.1. The van der Waals surface area contributed by atoms with Crippen LogP contribution >= 0.6 is 0 Å². The molecule has 0 N–H and O–H groups in total. The van der Waals surface area contributed by atoms with Crippen LogP contribution in [0.3, 0.4) is 0 Å². The monoisotopic (exact) mass is 656 g/mol. The highest BCUT2D eigenvalue weighted by Crippen LogP contribution is 2.40. The van der Waals surface area contributed by atoms with Crippen molar-refractivity contribution in [3.63, 3.8) is 0 Å². The summed E-state index contributed by atoms with van der Waals surface area (Å²) in [5.74, 6) is 0.979. The summed E-state index contributed by atoms with van der Waals surface area (Å²) < 4.78 is 12.4. The van der Waals surface area contributed by atoms with Crippen LogP contribution in [0.15, 0.2) is 173 Å². The molecule has 0 spiro atoms. The van der Waals surface area contributed by atoms with Crippen molar-refractivity contribution in [3.05, 3.63) is 175 Å². The number of furan rings is 2. The molecule has 4 heteroatoms. The van der Waals surface area contributed by atoms with Crippen LogP contribution in [0, 0.1) is 0 Å². The van der Waals surface area contributed by atoms with Gasteiger partial charge >= 0.3 is 0 Å². The van der Waals surface area contributed by atoms with Crippen LogP contribution in [-0.2, 0) is 6.42 Å². The van der Waals surface area contributed by atoms with Gasteiger partial charge in [0.2, 0.25) is 0 Å². The molecule has 1 aliphatic carbocycles. The van der Waals surface area contributed by atoms with Crippen LogP contribution in [-0.4, -0.2) is 4.98 Å². The number of aromatic nitrogens is 1. The third-order valence-electron chi connectivity index (χ3n) is 9.96. The summed E-state index contributed by atoms with van der Waals surface area (Å²) in [7, 11) is 0. The van der Waals surface area contributed by atoms with Crippen LogP contribution in [0.25, 0.3) is 72.5 Å². The van der Waals surface area contributed by atoms with Crippen molar-refractivity contribution >= 4 is 56.0 Å². The number of nitrogens with zero attached hydrogens (tertiary/aromatic N) is 2. The summed E-state index contributed by atoms with van der Waals surface area (Å²) in [5.41, 5.74) is 13.6. The fourth-order valence-corrected chi connectivity index (χ4v) is 7.46. The first-order valence-electron chi connectivity index (χ1n) is 17.4. The van der Waals surface area contributed by atoms with E-state index in [1.54, 1.807) is 0 Å². The number of aryl methyl sites for hydroxylation is 1. The molecule has 10 rings (SSSR count). The number of hydrogen-bond acceptors (Lipinski definition) is 4. The topological polar surface area (TPSA) is 42.4 Å². The normalized spacial score (nSPS) is 12.5. The maximum Gasteiger partial charge on any atom is 0.135 e. The van der Waals surface area contributed by atoms with E-state index in [-0.39, 0.29) is 0 Å². The van der Waals surface area contributed by atoms with Gasteiger partial charge in [-0.15, -0.1) is 0 Å². The van der Waals surface area contributed by atoms with Gasteiger partial charge in [-0.25, -0.2) is 0 Å². The van der Waals surface area contributed by atoms with Gasteiger partial charge in [0.15, 0.2) is 0 Å². The van der Waals surface area contributed by atoms with Crippen LogP contribution in [0.5, 0.6) is 0 Å². The molecular formula is C47H32N2O2. The second kappa shape index (κ2) is 12.0. The van der Waals surface area contributed by atoms with Gasteiger partial charge in [-0.3, -0.25) is 4.98 Å². The van der Waals surface area contributed by atoms with E-state index in [1.807, 2.05) is 30.5 Å². The van der Waals surface area contributed by atoms with Crippen LogP contribution in [0.4, 0.5) is 17.1 Å². The van der Waals surface area contributed by atoms with Gasteiger partial charge in [0.25, 0.3) is 0 Å². The minimum atomic E-state index is 0.888. The summed E-state index contributed by atoms with van der Waals surface area (Å²) >= 11 is 0. The van der Waals surface area contributed by atoms with Gasteiger partial charge < -0.3 is 13.7 Å². The summed E-state index contributed by atoms with van der Waals surface area (Å²) in [5, 5.41) is 3.42. The van der Waals surface area contributed by atoms with E-state index in [2.05, 4.69) is 144 Å². The highest BCUT2D eigenvalue weighted by molar-refractivity contribution is 6.06. The number of benzene rings is 6. The predicted octanol–water partition coefficient (Wildman–Crippen LogP) is 13.2. The van der Waals surface area contributed by atoms with E-state index in [9.17, 15) is 0 Å². The van der Waals surface area contributed by atoms with Crippen molar-refractivity contribution in [3.8, 4) is 33.5 Å². The van der Waals surface area contributed by atoms with Crippen LogP contribution in [0.2, 0.25) is 0 Å². The van der Waals surface area contributed by atoms with Crippen molar-refractivity contribution in [2.45, 2.75) is 12.8 Å². The van der Waals surface area contributed by atoms with E-state index in [1.165, 1.54) is 10.9 Å². The number of rotatable bonds is 6. The smallest absolute Gasteiger partial charge is 0.135 e. The molecule has 0 amide bonds. The van der Waals surface area contributed by atoms with E-state index in [4.69, 9.17) is 13.8 Å². The molecule has 3 heterocycles. The molecule has 4 nitrogen and oxygen atoms in total. The summed E-state index contributed by atoms with van der Waals surface area (Å²) in [6.45, 7) is 0. The molecule has 0 fully saturated rings. The Morgan fingerprint density at radius 1 is 0.471 bits per heavy atom. The van der Waals surface area contributed by atoms with Gasteiger partial charge in [-0.2, -0.15) is 0 Å². The summed E-state index contributed by atoms with van der Waals surface area (Å²) in [6.07, 6.45) is 8.30. The molecule has 0 saturated carbocycles. The molecule has 0 unspecified atom stereocenters. The lowest BCUT2D eigenvalue weighted by Gasteiger charge is -2.25. The molecule has 51 heavy (non-hydrogen) atoms. The maximum absolute atomic E-state index is 6.22. The predicted molar refractivity (Wildman–Crippen MR) is 210 cm³/mol. The zero-order valence-corrected chi connectivity index (χ0v) is 27.8. The average molecular weight is 657 g/mol. The molecule has 0 radical (unpaired) electrons. The van der Waals surface area contributed by atoms with Gasteiger partial charge in [0, 0.05) is 38.7 Å². The molecule has 0 aliphatic heterocycles. The summed E-state index contributed by atoms with van der Waals surface area (Å²) in [6, 6.07) is 53.3. The zero-order valence-electron chi connectivity index (χ0n) is 27.8. The van der Waals surface area contributed by atoms with Crippen LogP contribution in [0.1, 0.15) is 17.7 Å². The van der Waals surface area contributed by atoms with Gasteiger partial charge in [0.1, 0.15) is 22.5 Å². The largest absolute Gasteiger partial charge is 0.456 e. The first kappa shape index (κ1) is 29.3. The number of pyridine rings is 1. The molecule has 242 valence electrons. The fraction of sp³-hybridized carbons (Fsp3) is 0.0426. The lowest BCUT2D eigenvalue weighted by molar-refractivity contribution is 0.595. The Hall–Kier alpha value is -6.65. The van der Waals surface area contributed by atoms with Crippen molar-refractivity contribution < 1.29 is 8.83 Å². The average Bonchev–Trinajstić information content (AvgIpc) is 3.77. The van der Waals surface area contributed by atoms with Crippen molar-refractivity contribution in [1.29, 1.82) is 0 Å². The van der Waals surface area contributed by atoms with Gasteiger partial charge in [-0.05, 0) is 126 Å². The first-order chi connectivity index (χ1) is 25.2. The molecule has 1 aliphatic rings. The number of anilines is 3. The van der Waals surface area contributed by atoms with Crippen molar-refractivity contribution in [2.75, 3.05) is 4.90 Å². The standard InChI is InChI=1S/C47H32N2O2/c1-3-11-36(12-4-1)49(37-13-5-2-6-14-37)38-21-22-43(48-30-38)35-26-33(31-19-23-46-41(28-31)39-15-7-9-17-44(39)50-46)25-34(27-35)32-20-24-47-42(29-32)40-16-8-10-18-45(40)51-47/h1-7,9-15,17-30H,8,16H2. The Morgan fingerprint density at radius 3 is 1.80 bits per heavy atom. The third-order valence-corrected chi connectivity index (χ3v) is 9.96. The Kier molecular flexibility index (Phi) is 6.91. The molecule has 9 aromatic rings. The van der Waals surface area contributed by atoms with Gasteiger partial charge in [0.05, 0.1) is 17.6 Å². The molecule has 0 atom stereocenters. The van der Waals surface area contributed by atoms with Crippen molar-refractivity contribution in [2.24, 2.45) is 0 Å². The van der Waals surface area contributed by atoms with Gasteiger partial charge in [-0.1, -0.05) is 72.8 Å². The first-order valence-corrected chi connectivity index (χ1v) is 17.4. The minimum Gasteiger partial charge on any atom is -0.456 e. The maximum atomic E-state index is 6.22. The summed E-state index contributed by atoms with van der Waals surface area (Å²) in [4.78, 5) is 7.33. The second-order valence-corrected chi connectivity index (χ2v) is 13.1. The zero-order chi connectivity index (χ0) is 33.7. The SMILES string of the molecule is C1=Cc2oc3ccc(-c4cc(-c5ccc6oc7ccccc7c6c5)cc(-c5ccc(N(c6ccccc6)c6ccccc6)cn5)c4)cc3c2CC1. The quantitative estimate of drug-likeness (QED) is 0.179. The molecule has 0 saturated heterocycles. The Morgan fingerprint density at radius 2 is 1.10 bits per heavy atom. The molecule has 3 aromatic heterocycles. The van der Waals surface area contributed by atoms with Crippen molar-refractivity contribution in [1.82, 2.24) is 4.98 Å². The number of fused-ring (bicyclic) bond motifs is 6. The Labute approximate surface area is 295 Å². The highest BCUT2D eigenvalue weighted by Gasteiger charge is 2.18. The highest BCUT2D eigenvalue weighted by atomic mass is 16.3. The molecular weight excluding hydrogens is 625 g/mol. The Bertz CT molecular complexity index is 2700. The van der Waals surface area contributed by atoms with E-state index < -0.39 is 0 Å². The lowest BCUT2D eigenvalue weighted by atomic mass is 9.93. The molecule has 6 aromatic carbocycles. The minimum absolute atomic E-state index is 0.888. The van der Waals surface area contributed by atoms with Crippen LogP contribution < -0.4 is 4.90 Å². The molecule has 0 bridgehead atoms. The number of para-hydroxylation sites is 3. The number of allylic oxidation sites excluding steroid dienone is 1.